The quantitative estimate of drug-likeness (QED) is 0.501. The lowest BCUT2D eigenvalue weighted by molar-refractivity contribution is -0.159. The van der Waals surface area contributed by atoms with E-state index in [0.717, 1.165) is 0 Å². The monoisotopic (exact) mass is 376 g/mol. The number of nitrogens with zero attached hydrogens (tertiary/aromatic N) is 2. The molecule has 2 heterocycles. The van der Waals surface area contributed by atoms with Crippen molar-refractivity contribution >= 4 is 23.5 Å². The summed E-state index contributed by atoms with van der Waals surface area (Å²) in [6, 6.07) is 6.83. The summed E-state index contributed by atoms with van der Waals surface area (Å²) >= 11 is 0. The Kier molecular flexibility index (Phi) is 5.76. The summed E-state index contributed by atoms with van der Waals surface area (Å²) in [5.41, 5.74) is -0.644. The summed E-state index contributed by atoms with van der Waals surface area (Å²) < 4.78 is 15.8. The van der Waals surface area contributed by atoms with Gasteiger partial charge >= 0.3 is 5.97 Å². The number of ether oxygens (including phenoxy) is 3. The third-order valence-corrected chi connectivity index (χ3v) is 4.88. The lowest BCUT2D eigenvalue weighted by Crippen LogP contribution is -2.69. The number of benzene rings is 1. The van der Waals surface area contributed by atoms with Crippen molar-refractivity contribution in [1.29, 1.82) is 0 Å². The van der Waals surface area contributed by atoms with E-state index in [-0.39, 0.29) is 51.0 Å². The van der Waals surface area contributed by atoms with Crippen LogP contribution in [0.4, 0.5) is 5.69 Å². The summed E-state index contributed by atoms with van der Waals surface area (Å²) in [5, 5.41) is 0. The number of hydrogen-bond donors (Lipinski definition) is 0. The van der Waals surface area contributed by atoms with Crippen molar-refractivity contribution < 1.29 is 28.6 Å². The first-order valence-corrected chi connectivity index (χ1v) is 9.06. The van der Waals surface area contributed by atoms with Gasteiger partial charge in [0.2, 0.25) is 11.6 Å². The number of para-hydroxylation sites is 1. The second-order valence-electron chi connectivity index (χ2n) is 6.35. The lowest BCUT2D eigenvalue weighted by Gasteiger charge is -2.48. The minimum Gasteiger partial charge on any atom is -0.460 e. The molecule has 8 heteroatoms. The van der Waals surface area contributed by atoms with Crippen molar-refractivity contribution in [2.45, 2.75) is 25.4 Å². The Bertz CT molecular complexity index is 737. The van der Waals surface area contributed by atoms with E-state index in [4.69, 9.17) is 14.2 Å². The lowest BCUT2D eigenvalue weighted by atomic mass is 9.96. The number of carbonyl (C=O) groups is 3. The smallest absolute Gasteiger partial charge is 0.353 e. The van der Waals surface area contributed by atoms with Crippen LogP contribution in [0.3, 0.4) is 0 Å². The van der Waals surface area contributed by atoms with Gasteiger partial charge in [0.15, 0.2) is 0 Å². The van der Waals surface area contributed by atoms with E-state index < -0.39 is 11.6 Å². The molecule has 1 saturated heterocycles. The fourth-order valence-electron chi connectivity index (χ4n) is 3.69. The van der Waals surface area contributed by atoms with Gasteiger partial charge in [0.05, 0.1) is 24.5 Å². The Morgan fingerprint density at radius 3 is 2.70 bits per heavy atom. The largest absolute Gasteiger partial charge is 0.460 e. The summed E-state index contributed by atoms with van der Waals surface area (Å²) in [4.78, 5) is 41.8. The molecule has 1 aromatic rings. The van der Waals surface area contributed by atoms with Gasteiger partial charge in [-0.2, -0.15) is 0 Å². The zero-order valence-electron chi connectivity index (χ0n) is 15.6. The number of rotatable bonds is 8. The van der Waals surface area contributed by atoms with E-state index in [2.05, 4.69) is 0 Å². The van der Waals surface area contributed by atoms with E-state index in [1.807, 2.05) is 6.92 Å². The highest BCUT2D eigenvalue weighted by Crippen LogP contribution is 2.44. The maximum Gasteiger partial charge on any atom is 0.353 e. The van der Waals surface area contributed by atoms with Crippen molar-refractivity contribution in [3.63, 3.8) is 0 Å². The average Bonchev–Trinajstić information content (AvgIpc) is 3.03. The van der Waals surface area contributed by atoms with E-state index in [0.29, 0.717) is 17.9 Å². The third-order valence-electron chi connectivity index (χ3n) is 4.88. The summed E-state index contributed by atoms with van der Waals surface area (Å²) in [6.07, 6.45) is 0.342. The molecule has 0 N–H and O–H groups in total. The minimum absolute atomic E-state index is 0.0599. The molecule has 0 bridgehead atoms. The fourth-order valence-corrected chi connectivity index (χ4v) is 3.69. The van der Waals surface area contributed by atoms with Crippen molar-refractivity contribution in [3.05, 3.63) is 29.8 Å². The maximum absolute atomic E-state index is 13.2. The summed E-state index contributed by atoms with van der Waals surface area (Å²) in [6.45, 7) is 3.09. The maximum atomic E-state index is 13.2. The van der Waals surface area contributed by atoms with Crippen molar-refractivity contribution in [2.24, 2.45) is 0 Å². The third kappa shape index (κ3) is 3.19. The van der Waals surface area contributed by atoms with Crippen LogP contribution in [0.25, 0.3) is 0 Å². The number of esters is 1. The summed E-state index contributed by atoms with van der Waals surface area (Å²) in [7, 11) is 1.52. The molecule has 1 fully saturated rings. The van der Waals surface area contributed by atoms with Gasteiger partial charge in [0, 0.05) is 33.1 Å². The standard InChI is InChI=1S/C19H24N2O6/c1-3-26-12-13-27-18(24)19-9-8-16(22)21(19)15-7-5-4-6-14(15)17(23)20(19)10-11-25-2/h4-7H,3,8-13H2,1-2H3. The number of hydrogen-bond acceptors (Lipinski definition) is 6. The van der Waals surface area contributed by atoms with Crippen molar-refractivity contribution in [1.82, 2.24) is 4.90 Å². The first kappa shape index (κ1) is 19.3. The van der Waals surface area contributed by atoms with Crippen LogP contribution in [0.2, 0.25) is 0 Å². The normalized spacial score (nSPS) is 21.3. The molecule has 27 heavy (non-hydrogen) atoms. The van der Waals surface area contributed by atoms with Crippen molar-refractivity contribution in [2.75, 3.05) is 45.0 Å². The number of amides is 2. The predicted molar refractivity (Wildman–Crippen MR) is 96.3 cm³/mol. The van der Waals surface area contributed by atoms with Crippen LogP contribution < -0.4 is 4.90 Å². The number of anilines is 1. The molecule has 0 aliphatic carbocycles. The Morgan fingerprint density at radius 1 is 1.19 bits per heavy atom. The first-order chi connectivity index (χ1) is 13.1. The van der Waals surface area contributed by atoms with Gasteiger partial charge in [0.1, 0.15) is 6.61 Å². The fraction of sp³-hybridized carbons (Fsp3) is 0.526. The molecule has 0 saturated carbocycles. The zero-order chi connectivity index (χ0) is 19.4. The molecule has 8 nitrogen and oxygen atoms in total. The molecular weight excluding hydrogens is 352 g/mol. The molecule has 2 amide bonds. The molecule has 0 spiro atoms. The van der Waals surface area contributed by atoms with Crippen LogP contribution in [-0.2, 0) is 23.8 Å². The Labute approximate surface area is 158 Å². The van der Waals surface area contributed by atoms with Gasteiger partial charge in [-0.25, -0.2) is 4.79 Å². The Hall–Kier alpha value is -2.45. The van der Waals surface area contributed by atoms with Gasteiger partial charge in [-0.1, -0.05) is 12.1 Å². The second-order valence-corrected chi connectivity index (χ2v) is 6.35. The van der Waals surface area contributed by atoms with Crippen LogP contribution in [-0.4, -0.2) is 68.4 Å². The molecule has 1 unspecified atom stereocenters. The van der Waals surface area contributed by atoms with E-state index >= 15 is 0 Å². The second kappa shape index (κ2) is 8.06. The van der Waals surface area contributed by atoms with Gasteiger partial charge in [-0.05, 0) is 19.1 Å². The van der Waals surface area contributed by atoms with Crippen LogP contribution in [0.5, 0.6) is 0 Å². The number of fused-ring (bicyclic) bond motifs is 3. The highest BCUT2D eigenvalue weighted by molar-refractivity contribution is 6.15. The summed E-state index contributed by atoms with van der Waals surface area (Å²) in [5.74, 6) is -1.14. The van der Waals surface area contributed by atoms with Crippen LogP contribution in [0.1, 0.15) is 30.1 Å². The van der Waals surface area contributed by atoms with Gasteiger partial charge in [0.25, 0.3) is 5.91 Å². The number of carbonyl (C=O) groups excluding carboxylic acids is 3. The van der Waals surface area contributed by atoms with Gasteiger partial charge < -0.3 is 19.1 Å². The molecule has 146 valence electrons. The first-order valence-electron chi connectivity index (χ1n) is 9.06. The molecule has 0 radical (unpaired) electrons. The Balaban J connectivity index is 2.02. The van der Waals surface area contributed by atoms with Crippen LogP contribution >= 0.6 is 0 Å². The van der Waals surface area contributed by atoms with Gasteiger partial charge in [-0.15, -0.1) is 0 Å². The van der Waals surface area contributed by atoms with Crippen molar-refractivity contribution in [3.8, 4) is 0 Å². The molecule has 3 rings (SSSR count). The van der Waals surface area contributed by atoms with Crippen LogP contribution in [0, 0.1) is 0 Å². The topological polar surface area (TPSA) is 85.4 Å². The molecule has 2 aliphatic heterocycles. The average molecular weight is 376 g/mol. The number of methoxy groups -OCH3 is 1. The molecule has 1 aromatic carbocycles. The molecule has 0 aromatic heterocycles. The SMILES string of the molecule is CCOCCOC(=O)C12CCC(=O)N1c1ccccc1C(=O)N2CCOC. The highest BCUT2D eigenvalue weighted by Gasteiger charge is 2.61. The predicted octanol–water partition coefficient (Wildman–Crippen LogP) is 1.19. The van der Waals surface area contributed by atoms with Gasteiger partial charge in [-0.3, -0.25) is 14.5 Å². The molecule has 1 atom stereocenters. The van der Waals surface area contributed by atoms with E-state index in [1.54, 1.807) is 24.3 Å². The highest BCUT2D eigenvalue weighted by atomic mass is 16.6. The van der Waals surface area contributed by atoms with E-state index in [1.165, 1.54) is 16.9 Å². The molecular formula is C19H24N2O6. The minimum atomic E-state index is -1.48. The van der Waals surface area contributed by atoms with Crippen LogP contribution in [0.15, 0.2) is 24.3 Å². The van der Waals surface area contributed by atoms with E-state index in [9.17, 15) is 14.4 Å². The molecule has 2 aliphatic rings. The zero-order valence-corrected chi connectivity index (χ0v) is 15.6. The Morgan fingerprint density at radius 2 is 1.96 bits per heavy atom.